The first-order valence-corrected chi connectivity index (χ1v) is 7.99. The van der Waals surface area contributed by atoms with Crippen LogP contribution in [-0.4, -0.2) is 17.1 Å². The molecule has 4 nitrogen and oxygen atoms in total. The highest BCUT2D eigenvalue weighted by molar-refractivity contribution is 5.93. The highest BCUT2D eigenvalue weighted by atomic mass is 16.5. The van der Waals surface area contributed by atoms with Crippen molar-refractivity contribution in [3.8, 4) is 5.75 Å². The average Bonchev–Trinajstić information content (AvgIpc) is 3.01. The number of carbonyl (C=O) groups excluding carboxylic acids is 1. The Bertz CT molecular complexity index is 657. The molecule has 0 bridgehead atoms. The maximum absolute atomic E-state index is 12.3. The van der Waals surface area contributed by atoms with E-state index in [1.807, 2.05) is 54.6 Å². The second kappa shape index (κ2) is 7.29. The molecule has 3 rings (SSSR count). The molecule has 23 heavy (non-hydrogen) atoms. The van der Waals surface area contributed by atoms with E-state index >= 15 is 0 Å². The van der Waals surface area contributed by atoms with Crippen molar-refractivity contribution in [2.45, 2.75) is 32.0 Å². The average molecular weight is 311 g/mol. The van der Waals surface area contributed by atoms with Crippen molar-refractivity contribution in [2.75, 3.05) is 5.32 Å². The normalized spacial score (nSPS) is 20.2. The zero-order chi connectivity index (χ0) is 16.1. The predicted octanol–water partition coefficient (Wildman–Crippen LogP) is 3.37. The van der Waals surface area contributed by atoms with Crippen LogP contribution in [0.2, 0.25) is 0 Å². The van der Waals surface area contributed by atoms with E-state index in [4.69, 9.17) is 4.74 Å². The largest absolute Gasteiger partial charge is 0.489 e. The molecule has 1 aliphatic carbocycles. The standard InChI is InChI=1S/C19H21NO3/c21-18-12-6-10-16(18)19(22)20-17-11-5-4-7-14(17)13-23-15-8-2-1-3-9-15/h1-5,7-9,11,16,18,21H,6,10,12-13H2,(H,20,22). The van der Waals surface area contributed by atoms with Gasteiger partial charge in [-0.05, 0) is 37.5 Å². The molecule has 0 radical (unpaired) electrons. The molecule has 0 aromatic heterocycles. The van der Waals surface area contributed by atoms with E-state index < -0.39 is 6.10 Å². The van der Waals surface area contributed by atoms with Gasteiger partial charge in [-0.1, -0.05) is 36.4 Å². The van der Waals surface area contributed by atoms with Crippen LogP contribution in [-0.2, 0) is 11.4 Å². The minimum absolute atomic E-state index is 0.109. The van der Waals surface area contributed by atoms with Crippen LogP contribution in [0.3, 0.4) is 0 Å². The molecule has 1 aliphatic rings. The number of carbonyl (C=O) groups is 1. The second-order valence-electron chi connectivity index (χ2n) is 5.85. The number of aliphatic hydroxyl groups excluding tert-OH is 1. The van der Waals surface area contributed by atoms with Crippen LogP contribution in [0.1, 0.15) is 24.8 Å². The van der Waals surface area contributed by atoms with Crippen LogP contribution >= 0.6 is 0 Å². The molecule has 1 fully saturated rings. The van der Waals surface area contributed by atoms with Crippen molar-refractivity contribution in [1.29, 1.82) is 0 Å². The Morgan fingerprint density at radius 1 is 1.09 bits per heavy atom. The first kappa shape index (κ1) is 15.6. The minimum atomic E-state index is -0.525. The van der Waals surface area contributed by atoms with Gasteiger partial charge in [-0.3, -0.25) is 4.79 Å². The fourth-order valence-electron chi connectivity index (χ4n) is 2.92. The second-order valence-corrected chi connectivity index (χ2v) is 5.85. The number of rotatable bonds is 5. The fraction of sp³-hybridized carbons (Fsp3) is 0.316. The maximum atomic E-state index is 12.3. The number of ether oxygens (including phenoxy) is 1. The van der Waals surface area contributed by atoms with Gasteiger partial charge >= 0.3 is 0 Å². The van der Waals surface area contributed by atoms with Gasteiger partial charge in [0.05, 0.1) is 12.0 Å². The van der Waals surface area contributed by atoms with E-state index in [9.17, 15) is 9.90 Å². The molecule has 2 N–H and O–H groups in total. The van der Waals surface area contributed by atoms with Crippen molar-refractivity contribution in [2.24, 2.45) is 5.92 Å². The lowest BCUT2D eigenvalue weighted by Gasteiger charge is -2.17. The van der Waals surface area contributed by atoms with Crippen LogP contribution in [0.25, 0.3) is 0 Å². The summed E-state index contributed by atoms with van der Waals surface area (Å²) in [6, 6.07) is 17.2. The molecular weight excluding hydrogens is 290 g/mol. The zero-order valence-corrected chi connectivity index (χ0v) is 12.9. The van der Waals surface area contributed by atoms with Crippen LogP contribution in [0.4, 0.5) is 5.69 Å². The lowest BCUT2D eigenvalue weighted by molar-refractivity contribution is -0.122. The summed E-state index contributed by atoms with van der Waals surface area (Å²) in [7, 11) is 0. The highest BCUT2D eigenvalue weighted by Gasteiger charge is 2.31. The lowest BCUT2D eigenvalue weighted by atomic mass is 10.0. The molecule has 2 aromatic rings. The third kappa shape index (κ3) is 3.90. The number of hydrogen-bond acceptors (Lipinski definition) is 3. The van der Waals surface area contributed by atoms with Crippen LogP contribution in [0.15, 0.2) is 54.6 Å². The molecule has 2 unspecified atom stereocenters. The molecule has 1 amide bonds. The van der Waals surface area contributed by atoms with Crippen LogP contribution in [0.5, 0.6) is 5.75 Å². The van der Waals surface area contributed by atoms with E-state index in [1.54, 1.807) is 0 Å². The Morgan fingerprint density at radius 3 is 2.57 bits per heavy atom. The van der Waals surface area contributed by atoms with Gasteiger partial charge in [0.15, 0.2) is 0 Å². The Kier molecular flexibility index (Phi) is 4.93. The molecule has 2 aromatic carbocycles. The topological polar surface area (TPSA) is 58.6 Å². The van der Waals surface area contributed by atoms with Gasteiger partial charge in [0.1, 0.15) is 12.4 Å². The van der Waals surface area contributed by atoms with Crippen molar-refractivity contribution < 1.29 is 14.6 Å². The summed E-state index contributed by atoms with van der Waals surface area (Å²) >= 11 is 0. The fourth-order valence-corrected chi connectivity index (χ4v) is 2.92. The van der Waals surface area contributed by atoms with Gasteiger partial charge in [-0.25, -0.2) is 0 Å². The van der Waals surface area contributed by atoms with Crippen molar-refractivity contribution in [3.05, 3.63) is 60.2 Å². The number of amides is 1. The first-order chi connectivity index (χ1) is 11.2. The Labute approximate surface area is 136 Å². The van der Waals surface area contributed by atoms with Crippen molar-refractivity contribution in [1.82, 2.24) is 0 Å². The number of anilines is 1. The van der Waals surface area contributed by atoms with E-state index in [0.29, 0.717) is 13.0 Å². The van der Waals surface area contributed by atoms with Gasteiger partial charge in [-0.2, -0.15) is 0 Å². The van der Waals surface area contributed by atoms with E-state index in [2.05, 4.69) is 5.32 Å². The predicted molar refractivity (Wildman–Crippen MR) is 89.2 cm³/mol. The van der Waals surface area contributed by atoms with Crippen LogP contribution in [0, 0.1) is 5.92 Å². The van der Waals surface area contributed by atoms with Gasteiger partial charge in [-0.15, -0.1) is 0 Å². The summed E-state index contributed by atoms with van der Waals surface area (Å²) < 4.78 is 5.76. The van der Waals surface area contributed by atoms with Crippen LogP contribution < -0.4 is 10.1 Å². The summed E-state index contributed by atoms with van der Waals surface area (Å²) in [5, 5.41) is 12.8. The Morgan fingerprint density at radius 2 is 1.83 bits per heavy atom. The molecular formula is C19H21NO3. The van der Waals surface area contributed by atoms with Gasteiger partial charge in [0.25, 0.3) is 0 Å². The Hall–Kier alpha value is -2.33. The third-order valence-corrected chi connectivity index (χ3v) is 4.23. The van der Waals surface area contributed by atoms with E-state index in [-0.39, 0.29) is 11.8 Å². The maximum Gasteiger partial charge on any atom is 0.230 e. The molecule has 4 heteroatoms. The van der Waals surface area contributed by atoms with Gasteiger partial charge < -0.3 is 15.2 Å². The van der Waals surface area contributed by atoms with Crippen molar-refractivity contribution >= 4 is 11.6 Å². The van der Waals surface area contributed by atoms with Gasteiger partial charge in [0.2, 0.25) is 5.91 Å². The molecule has 120 valence electrons. The summed E-state index contributed by atoms with van der Waals surface area (Å²) in [6.45, 7) is 0.383. The summed E-state index contributed by atoms with van der Waals surface area (Å²) in [5.41, 5.74) is 1.66. The number of benzene rings is 2. The molecule has 0 aliphatic heterocycles. The molecule has 1 saturated carbocycles. The number of aliphatic hydroxyl groups is 1. The molecule has 0 spiro atoms. The summed E-state index contributed by atoms with van der Waals surface area (Å²) in [5.74, 6) is 0.375. The monoisotopic (exact) mass is 311 g/mol. The third-order valence-electron chi connectivity index (χ3n) is 4.23. The number of para-hydroxylation sites is 2. The molecule has 0 heterocycles. The Balaban J connectivity index is 1.67. The lowest BCUT2D eigenvalue weighted by Crippen LogP contribution is -2.29. The summed E-state index contributed by atoms with van der Waals surface area (Å²) in [4.78, 5) is 12.3. The zero-order valence-electron chi connectivity index (χ0n) is 12.9. The minimum Gasteiger partial charge on any atom is -0.489 e. The quantitative estimate of drug-likeness (QED) is 0.890. The van der Waals surface area contributed by atoms with E-state index in [1.165, 1.54) is 0 Å². The number of nitrogens with one attached hydrogen (secondary N) is 1. The smallest absolute Gasteiger partial charge is 0.230 e. The number of hydrogen-bond donors (Lipinski definition) is 2. The van der Waals surface area contributed by atoms with E-state index in [0.717, 1.165) is 29.8 Å². The summed E-state index contributed by atoms with van der Waals surface area (Å²) in [6.07, 6.45) is 1.83. The van der Waals surface area contributed by atoms with Gasteiger partial charge in [0, 0.05) is 11.3 Å². The first-order valence-electron chi connectivity index (χ1n) is 7.99. The highest BCUT2D eigenvalue weighted by Crippen LogP contribution is 2.27. The SMILES string of the molecule is O=C(Nc1ccccc1COc1ccccc1)C1CCCC1O. The molecule has 2 atom stereocenters. The molecule has 0 saturated heterocycles. The van der Waals surface area contributed by atoms with Crippen molar-refractivity contribution in [3.63, 3.8) is 0 Å².